The lowest BCUT2D eigenvalue weighted by Gasteiger charge is -2.07. The largest absolute Gasteiger partial charge is 0.493 e. The van der Waals surface area contributed by atoms with Gasteiger partial charge in [0.15, 0.2) is 0 Å². The molecule has 0 spiro atoms. The van der Waals surface area contributed by atoms with Gasteiger partial charge in [0.25, 0.3) is 5.69 Å². The topological polar surface area (TPSA) is 84.6 Å². The fourth-order valence-corrected chi connectivity index (χ4v) is 1.17. The van der Waals surface area contributed by atoms with Crippen LogP contribution in [0.5, 0.6) is 5.75 Å². The van der Waals surface area contributed by atoms with Gasteiger partial charge >= 0.3 is 0 Å². The Kier molecular flexibility index (Phi) is 4.53. The SMILES string of the molecule is CNc1cc(OCCCO)cc([N+](=O)[O-])c1. The number of hydrogen-bond acceptors (Lipinski definition) is 5. The van der Waals surface area contributed by atoms with Gasteiger partial charge in [-0.25, -0.2) is 0 Å². The maximum Gasteiger partial charge on any atom is 0.275 e. The summed E-state index contributed by atoms with van der Waals surface area (Å²) in [5, 5.41) is 22.0. The summed E-state index contributed by atoms with van der Waals surface area (Å²) in [7, 11) is 1.68. The zero-order chi connectivity index (χ0) is 12.0. The number of nitrogens with one attached hydrogen (secondary N) is 1. The Hall–Kier alpha value is -1.82. The average Bonchev–Trinajstić information content (AvgIpc) is 2.29. The highest BCUT2D eigenvalue weighted by Gasteiger charge is 2.09. The fraction of sp³-hybridized carbons (Fsp3) is 0.400. The van der Waals surface area contributed by atoms with Crippen LogP contribution in [0, 0.1) is 10.1 Å². The van der Waals surface area contributed by atoms with Crippen LogP contribution in [-0.2, 0) is 0 Å². The van der Waals surface area contributed by atoms with Gasteiger partial charge in [0.2, 0.25) is 0 Å². The number of ether oxygens (including phenoxy) is 1. The van der Waals surface area contributed by atoms with Crippen molar-refractivity contribution in [3.63, 3.8) is 0 Å². The van der Waals surface area contributed by atoms with E-state index in [1.807, 2.05) is 0 Å². The number of nitro benzene ring substituents is 1. The standard InChI is InChI=1S/C10H14N2O4/c1-11-8-5-9(12(14)15)7-10(6-8)16-4-2-3-13/h5-7,11,13H,2-4H2,1H3. The molecule has 88 valence electrons. The van der Waals surface area contributed by atoms with E-state index >= 15 is 0 Å². The zero-order valence-corrected chi connectivity index (χ0v) is 8.97. The van der Waals surface area contributed by atoms with Gasteiger partial charge in [0, 0.05) is 37.9 Å². The van der Waals surface area contributed by atoms with Crippen molar-refractivity contribution in [2.75, 3.05) is 25.6 Å². The smallest absolute Gasteiger partial charge is 0.275 e. The van der Waals surface area contributed by atoms with Crippen LogP contribution in [0.3, 0.4) is 0 Å². The normalized spacial score (nSPS) is 9.88. The van der Waals surface area contributed by atoms with Crippen molar-refractivity contribution in [3.05, 3.63) is 28.3 Å². The minimum absolute atomic E-state index is 0.0224. The molecule has 0 unspecified atom stereocenters. The highest BCUT2D eigenvalue weighted by molar-refractivity contribution is 5.55. The molecule has 0 bridgehead atoms. The Balaban J connectivity index is 2.82. The zero-order valence-electron chi connectivity index (χ0n) is 8.97. The summed E-state index contributed by atoms with van der Waals surface area (Å²) < 4.78 is 5.28. The maximum absolute atomic E-state index is 10.6. The number of benzene rings is 1. The molecule has 0 amide bonds. The minimum Gasteiger partial charge on any atom is -0.493 e. The second kappa shape index (κ2) is 5.92. The van der Waals surface area contributed by atoms with Gasteiger partial charge in [-0.05, 0) is 0 Å². The molecule has 0 aliphatic heterocycles. The second-order valence-electron chi connectivity index (χ2n) is 3.15. The van der Waals surface area contributed by atoms with Gasteiger partial charge in [-0.3, -0.25) is 10.1 Å². The lowest BCUT2D eigenvalue weighted by Crippen LogP contribution is -2.01. The lowest BCUT2D eigenvalue weighted by atomic mass is 10.2. The molecule has 0 fully saturated rings. The molecule has 0 heterocycles. The summed E-state index contributed by atoms with van der Waals surface area (Å²) in [6.07, 6.45) is 0.498. The van der Waals surface area contributed by atoms with Crippen LogP contribution in [0.1, 0.15) is 6.42 Å². The van der Waals surface area contributed by atoms with Crippen molar-refractivity contribution in [1.82, 2.24) is 0 Å². The van der Waals surface area contributed by atoms with E-state index < -0.39 is 4.92 Å². The molecule has 0 saturated carbocycles. The Morgan fingerprint density at radius 3 is 2.81 bits per heavy atom. The molecule has 1 aromatic carbocycles. The number of nitrogens with zero attached hydrogens (tertiary/aromatic N) is 1. The van der Waals surface area contributed by atoms with Crippen molar-refractivity contribution < 1.29 is 14.8 Å². The van der Waals surface area contributed by atoms with Gasteiger partial charge in [0.05, 0.1) is 17.6 Å². The highest BCUT2D eigenvalue weighted by atomic mass is 16.6. The number of non-ortho nitro benzene ring substituents is 1. The molecule has 0 saturated heterocycles. The molecular weight excluding hydrogens is 212 g/mol. The predicted octanol–water partition coefficient (Wildman–Crippen LogP) is 1.40. The number of rotatable bonds is 6. The number of anilines is 1. The van der Waals surface area contributed by atoms with Gasteiger partial charge in [-0.15, -0.1) is 0 Å². The van der Waals surface area contributed by atoms with Crippen LogP contribution < -0.4 is 10.1 Å². The van der Waals surface area contributed by atoms with E-state index in [0.29, 0.717) is 24.5 Å². The van der Waals surface area contributed by atoms with Gasteiger partial charge in [-0.2, -0.15) is 0 Å². The van der Waals surface area contributed by atoms with Crippen molar-refractivity contribution in [2.24, 2.45) is 0 Å². The van der Waals surface area contributed by atoms with Crippen LogP contribution in [0.4, 0.5) is 11.4 Å². The lowest BCUT2D eigenvalue weighted by molar-refractivity contribution is -0.384. The number of hydrogen-bond donors (Lipinski definition) is 2. The Morgan fingerprint density at radius 1 is 1.50 bits per heavy atom. The summed E-state index contributed by atoms with van der Waals surface area (Å²) in [5.74, 6) is 0.423. The highest BCUT2D eigenvalue weighted by Crippen LogP contribution is 2.25. The van der Waals surface area contributed by atoms with Crippen LogP contribution in [0.2, 0.25) is 0 Å². The molecule has 6 heteroatoms. The average molecular weight is 226 g/mol. The first-order valence-corrected chi connectivity index (χ1v) is 4.88. The van der Waals surface area contributed by atoms with Crippen molar-refractivity contribution in [2.45, 2.75) is 6.42 Å². The number of nitro groups is 1. The first-order valence-electron chi connectivity index (χ1n) is 4.88. The summed E-state index contributed by atoms with van der Waals surface area (Å²) in [4.78, 5) is 10.2. The van der Waals surface area contributed by atoms with Crippen LogP contribution >= 0.6 is 0 Å². The first-order chi connectivity index (χ1) is 7.67. The van der Waals surface area contributed by atoms with E-state index in [0.717, 1.165) is 0 Å². The summed E-state index contributed by atoms with van der Waals surface area (Å²) in [5.41, 5.74) is 0.596. The first kappa shape index (κ1) is 12.3. The van der Waals surface area contributed by atoms with Crippen molar-refractivity contribution >= 4 is 11.4 Å². The molecule has 0 atom stereocenters. The molecule has 2 N–H and O–H groups in total. The third-order valence-electron chi connectivity index (χ3n) is 1.96. The predicted molar refractivity (Wildman–Crippen MR) is 59.8 cm³/mol. The Labute approximate surface area is 93.0 Å². The summed E-state index contributed by atoms with van der Waals surface area (Å²) in [6.45, 7) is 0.370. The molecule has 6 nitrogen and oxygen atoms in total. The van der Waals surface area contributed by atoms with E-state index in [-0.39, 0.29) is 12.3 Å². The van der Waals surface area contributed by atoms with E-state index in [4.69, 9.17) is 9.84 Å². The van der Waals surface area contributed by atoms with Crippen molar-refractivity contribution in [3.8, 4) is 5.75 Å². The van der Waals surface area contributed by atoms with Crippen molar-refractivity contribution in [1.29, 1.82) is 0 Å². The van der Waals surface area contributed by atoms with Gasteiger partial charge in [0.1, 0.15) is 5.75 Å². The van der Waals surface area contributed by atoms with Crippen LogP contribution in [-0.4, -0.2) is 30.3 Å². The number of aliphatic hydroxyl groups is 1. The molecule has 1 rings (SSSR count). The van der Waals surface area contributed by atoms with Gasteiger partial charge < -0.3 is 15.2 Å². The third kappa shape index (κ3) is 3.39. The van der Waals surface area contributed by atoms with Crippen LogP contribution in [0.15, 0.2) is 18.2 Å². The molecule has 1 aromatic rings. The molecular formula is C10H14N2O4. The molecule has 0 aliphatic carbocycles. The van der Waals surface area contributed by atoms with Crippen LogP contribution in [0.25, 0.3) is 0 Å². The van der Waals surface area contributed by atoms with Gasteiger partial charge in [-0.1, -0.05) is 0 Å². The van der Waals surface area contributed by atoms with E-state index in [1.165, 1.54) is 12.1 Å². The summed E-state index contributed by atoms with van der Waals surface area (Å²) in [6, 6.07) is 4.46. The number of aliphatic hydroxyl groups excluding tert-OH is 1. The van der Waals surface area contributed by atoms with E-state index in [9.17, 15) is 10.1 Å². The molecule has 16 heavy (non-hydrogen) atoms. The molecule has 0 aliphatic rings. The maximum atomic E-state index is 10.6. The minimum atomic E-state index is -0.472. The third-order valence-corrected chi connectivity index (χ3v) is 1.96. The quantitative estimate of drug-likeness (QED) is 0.435. The Bertz CT molecular complexity index is 368. The van der Waals surface area contributed by atoms with E-state index in [2.05, 4.69) is 5.32 Å². The molecule has 0 aromatic heterocycles. The second-order valence-corrected chi connectivity index (χ2v) is 3.15. The fourth-order valence-electron chi connectivity index (χ4n) is 1.17. The summed E-state index contributed by atoms with van der Waals surface area (Å²) >= 11 is 0. The monoisotopic (exact) mass is 226 g/mol. The molecule has 0 radical (unpaired) electrons. The Morgan fingerprint density at radius 2 is 2.25 bits per heavy atom. The van der Waals surface area contributed by atoms with E-state index in [1.54, 1.807) is 13.1 Å².